The van der Waals surface area contributed by atoms with Crippen molar-refractivity contribution in [2.45, 2.75) is 43.4 Å². The number of rotatable bonds is 6. The molecule has 0 saturated heterocycles. The second-order valence-electron chi connectivity index (χ2n) is 3.74. The minimum atomic E-state index is 0.302. The minimum absolute atomic E-state index is 0.302. The van der Waals surface area contributed by atoms with E-state index in [-0.39, 0.29) is 0 Å². The molecule has 3 heteroatoms. The first-order valence-electron chi connectivity index (χ1n) is 5.26. The third-order valence-corrected chi connectivity index (χ3v) is 4.26. The number of hydrogen-bond acceptors (Lipinski definition) is 3. The highest BCUT2D eigenvalue weighted by molar-refractivity contribution is 7.99. The molecule has 0 spiro atoms. The van der Waals surface area contributed by atoms with E-state index in [0.717, 1.165) is 17.4 Å². The van der Waals surface area contributed by atoms with Crippen LogP contribution < -0.4 is 5.32 Å². The maximum absolute atomic E-state index is 8.81. The highest BCUT2D eigenvalue weighted by atomic mass is 32.2. The largest absolute Gasteiger partial charge is 0.396 e. The van der Waals surface area contributed by atoms with Gasteiger partial charge in [0, 0.05) is 23.7 Å². The predicted molar refractivity (Wildman–Crippen MR) is 59.3 cm³/mol. The molecule has 2 nitrogen and oxygen atoms in total. The number of nitrogens with one attached hydrogen (secondary N) is 1. The van der Waals surface area contributed by atoms with E-state index in [4.69, 9.17) is 5.11 Å². The van der Waals surface area contributed by atoms with E-state index in [0.29, 0.717) is 12.6 Å². The van der Waals surface area contributed by atoms with Crippen LogP contribution in [0.2, 0.25) is 0 Å². The van der Waals surface area contributed by atoms with Gasteiger partial charge in [-0.25, -0.2) is 0 Å². The van der Waals surface area contributed by atoms with Gasteiger partial charge in [0.25, 0.3) is 0 Å². The molecule has 0 radical (unpaired) electrons. The number of aliphatic hydroxyl groups excluding tert-OH is 1. The summed E-state index contributed by atoms with van der Waals surface area (Å²) in [5.41, 5.74) is 0. The van der Waals surface area contributed by atoms with Gasteiger partial charge in [-0.15, -0.1) is 0 Å². The van der Waals surface area contributed by atoms with Crippen LogP contribution in [0, 0.1) is 0 Å². The van der Waals surface area contributed by atoms with Crippen LogP contribution in [0.5, 0.6) is 0 Å². The summed E-state index contributed by atoms with van der Waals surface area (Å²) in [4.78, 5) is 0. The minimum Gasteiger partial charge on any atom is -0.396 e. The smallest absolute Gasteiger partial charge is 0.0446 e. The van der Waals surface area contributed by atoms with Gasteiger partial charge in [-0.05, 0) is 26.3 Å². The molecule has 1 atom stereocenters. The average Bonchev–Trinajstić information content (AvgIpc) is 2.64. The summed E-state index contributed by atoms with van der Waals surface area (Å²) in [7, 11) is 1.98. The lowest BCUT2D eigenvalue weighted by atomic mass is 10.2. The van der Waals surface area contributed by atoms with E-state index in [9.17, 15) is 0 Å². The number of hydrogen-bond donors (Lipinski definition) is 2. The van der Waals surface area contributed by atoms with Crippen molar-refractivity contribution in [3.8, 4) is 0 Å². The SMILES string of the molecule is CNC(CCO)CSC1CCCC1. The lowest BCUT2D eigenvalue weighted by Crippen LogP contribution is -2.29. The van der Waals surface area contributed by atoms with Gasteiger partial charge in [-0.2, -0.15) is 11.8 Å². The van der Waals surface area contributed by atoms with Crippen molar-refractivity contribution in [3.63, 3.8) is 0 Å². The summed E-state index contributed by atoms with van der Waals surface area (Å²) in [5.74, 6) is 1.15. The third-order valence-electron chi connectivity index (χ3n) is 2.72. The molecule has 1 unspecified atom stereocenters. The van der Waals surface area contributed by atoms with Gasteiger partial charge in [0.2, 0.25) is 0 Å². The Kier molecular flexibility index (Phi) is 5.83. The highest BCUT2D eigenvalue weighted by Crippen LogP contribution is 2.29. The number of thioether (sulfide) groups is 1. The fourth-order valence-electron chi connectivity index (χ4n) is 1.77. The highest BCUT2D eigenvalue weighted by Gasteiger charge is 2.16. The molecule has 1 aliphatic rings. The van der Waals surface area contributed by atoms with Gasteiger partial charge >= 0.3 is 0 Å². The van der Waals surface area contributed by atoms with Gasteiger partial charge in [-0.1, -0.05) is 12.8 Å². The molecule has 1 aliphatic carbocycles. The molecule has 0 aromatic carbocycles. The zero-order valence-electron chi connectivity index (χ0n) is 8.46. The van der Waals surface area contributed by atoms with E-state index in [1.54, 1.807) is 0 Å². The van der Waals surface area contributed by atoms with Crippen LogP contribution >= 0.6 is 11.8 Å². The summed E-state index contributed by atoms with van der Waals surface area (Å²) in [6.07, 6.45) is 6.53. The molecule has 0 aromatic rings. The van der Waals surface area contributed by atoms with Crippen molar-refractivity contribution in [2.24, 2.45) is 0 Å². The van der Waals surface area contributed by atoms with Crippen LogP contribution in [0.3, 0.4) is 0 Å². The molecular formula is C10H21NOS. The summed E-state index contributed by atoms with van der Waals surface area (Å²) in [5, 5.41) is 13.0. The van der Waals surface area contributed by atoms with Gasteiger partial charge in [-0.3, -0.25) is 0 Å². The fraction of sp³-hybridized carbons (Fsp3) is 1.00. The average molecular weight is 203 g/mol. The van der Waals surface area contributed by atoms with Crippen LogP contribution in [0.4, 0.5) is 0 Å². The van der Waals surface area contributed by atoms with Crippen LogP contribution in [0.25, 0.3) is 0 Å². The zero-order valence-corrected chi connectivity index (χ0v) is 9.28. The standard InChI is InChI=1S/C10H21NOS/c1-11-9(6-7-12)8-13-10-4-2-3-5-10/h9-12H,2-8H2,1H3. The molecule has 0 aliphatic heterocycles. The van der Waals surface area contributed by atoms with Crippen molar-refractivity contribution in [3.05, 3.63) is 0 Å². The Bertz CT molecular complexity index is 126. The first-order chi connectivity index (χ1) is 6.36. The van der Waals surface area contributed by atoms with Crippen molar-refractivity contribution in [1.82, 2.24) is 5.32 Å². The molecule has 0 heterocycles. The lowest BCUT2D eigenvalue weighted by molar-refractivity contribution is 0.273. The lowest BCUT2D eigenvalue weighted by Gasteiger charge is -2.16. The van der Waals surface area contributed by atoms with Crippen molar-refractivity contribution >= 4 is 11.8 Å². The first kappa shape index (κ1) is 11.3. The quantitative estimate of drug-likeness (QED) is 0.688. The van der Waals surface area contributed by atoms with E-state index in [1.807, 2.05) is 7.05 Å². The van der Waals surface area contributed by atoms with Crippen molar-refractivity contribution in [1.29, 1.82) is 0 Å². The van der Waals surface area contributed by atoms with Gasteiger partial charge in [0.05, 0.1) is 0 Å². The van der Waals surface area contributed by atoms with Gasteiger partial charge < -0.3 is 10.4 Å². The Morgan fingerprint density at radius 3 is 2.69 bits per heavy atom. The van der Waals surface area contributed by atoms with Crippen molar-refractivity contribution in [2.75, 3.05) is 19.4 Å². The fourth-order valence-corrected chi connectivity index (χ4v) is 3.28. The molecule has 0 amide bonds. The summed E-state index contributed by atoms with van der Waals surface area (Å²) in [6, 6.07) is 0.496. The molecule has 13 heavy (non-hydrogen) atoms. The normalized spacial score (nSPS) is 20.8. The molecule has 0 bridgehead atoms. The van der Waals surface area contributed by atoms with E-state index >= 15 is 0 Å². The Labute approximate surface area is 85.5 Å². The van der Waals surface area contributed by atoms with Gasteiger partial charge in [0.15, 0.2) is 0 Å². The first-order valence-corrected chi connectivity index (χ1v) is 6.31. The monoisotopic (exact) mass is 203 g/mol. The second kappa shape index (κ2) is 6.68. The molecule has 1 saturated carbocycles. The van der Waals surface area contributed by atoms with Crippen LogP contribution in [0.1, 0.15) is 32.1 Å². The van der Waals surface area contributed by atoms with Crippen LogP contribution in [-0.4, -0.2) is 35.8 Å². The Morgan fingerprint density at radius 1 is 1.46 bits per heavy atom. The number of aliphatic hydroxyl groups is 1. The van der Waals surface area contributed by atoms with Crippen LogP contribution in [0.15, 0.2) is 0 Å². The van der Waals surface area contributed by atoms with Gasteiger partial charge in [0.1, 0.15) is 0 Å². The zero-order chi connectivity index (χ0) is 9.52. The van der Waals surface area contributed by atoms with Crippen molar-refractivity contribution < 1.29 is 5.11 Å². The van der Waals surface area contributed by atoms with E-state index < -0.39 is 0 Å². The van der Waals surface area contributed by atoms with E-state index in [2.05, 4.69) is 17.1 Å². The molecule has 0 aromatic heterocycles. The summed E-state index contributed by atoms with van der Waals surface area (Å²) in [6.45, 7) is 0.302. The summed E-state index contributed by atoms with van der Waals surface area (Å²) < 4.78 is 0. The topological polar surface area (TPSA) is 32.3 Å². The Hall–Kier alpha value is 0.270. The molecule has 78 valence electrons. The maximum Gasteiger partial charge on any atom is 0.0446 e. The van der Waals surface area contributed by atoms with Crippen LogP contribution in [-0.2, 0) is 0 Å². The molecule has 2 N–H and O–H groups in total. The maximum atomic E-state index is 8.81. The molecular weight excluding hydrogens is 182 g/mol. The van der Waals surface area contributed by atoms with E-state index in [1.165, 1.54) is 25.7 Å². The predicted octanol–water partition coefficient (Wildman–Crippen LogP) is 1.63. The Balaban J connectivity index is 2.07. The molecule has 1 rings (SSSR count). The second-order valence-corrected chi connectivity index (χ2v) is 5.07. The third kappa shape index (κ3) is 4.34. The Morgan fingerprint density at radius 2 is 2.15 bits per heavy atom. The summed E-state index contributed by atoms with van der Waals surface area (Å²) >= 11 is 2.08. The molecule has 1 fully saturated rings.